The van der Waals surface area contributed by atoms with Crippen LogP contribution in [0.2, 0.25) is 0 Å². The van der Waals surface area contributed by atoms with Gasteiger partial charge in [0.15, 0.2) is 15.6 Å². The molecule has 0 aliphatic rings. The van der Waals surface area contributed by atoms with Crippen molar-refractivity contribution in [1.82, 2.24) is 0 Å². The molecule has 0 heterocycles. The lowest BCUT2D eigenvalue weighted by Crippen LogP contribution is -1.96. The van der Waals surface area contributed by atoms with E-state index in [2.05, 4.69) is 5.16 Å². The van der Waals surface area contributed by atoms with Crippen LogP contribution in [-0.2, 0) is 9.84 Å². The van der Waals surface area contributed by atoms with E-state index >= 15 is 0 Å². The number of nitrogens with zero attached hydrogens (tertiary/aromatic N) is 1. The fourth-order valence-corrected chi connectivity index (χ4v) is 2.07. The molecule has 0 aliphatic heterocycles. The maximum atomic E-state index is 11.3. The molecule has 0 unspecified atom stereocenters. The van der Waals surface area contributed by atoms with Gasteiger partial charge in [0.1, 0.15) is 0 Å². The summed E-state index contributed by atoms with van der Waals surface area (Å²) in [6, 6.07) is 15.6. The van der Waals surface area contributed by atoms with Crippen LogP contribution in [0.3, 0.4) is 0 Å². The number of hydrogen-bond donors (Lipinski definition) is 0. The van der Waals surface area contributed by atoms with Crippen LogP contribution in [0.1, 0.15) is 5.56 Å². The van der Waals surface area contributed by atoms with Crippen molar-refractivity contribution >= 4 is 16.1 Å². The van der Waals surface area contributed by atoms with Crippen molar-refractivity contribution in [1.29, 1.82) is 0 Å². The van der Waals surface area contributed by atoms with Crippen molar-refractivity contribution in [3.63, 3.8) is 0 Å². The summed E-state index contributed by atoms with van der Waals surface area (Å²) in [5.41, 5.74) is 0.926. The molecule has 0 spiro atoms. The van der Waals surface area contributed by atoms with E-state index in [1.807, 2.05) is 30.3 Å². The summed E-state index contributed by atoms with van der Waals surface area (Å²) in [6.07, 6.45) is 2.75. The van der Waals surface area contributed by atoms with Crippen molar-refractivity contribution in [2.45, 2.75) is 4.90 Å². The van der Waals surface area contributed by atoms with Crippen molar-refractivity contribution in [3.05, 3.63) is 60.2 Å². The Morgan fingerprint density at radius 1 is 1.00 bits per heavy atom. The van der Waals surface area contributed by atoms with Crippen LogP contribution in [-0.4, -0.2) is 20.9 Å². The minimum Gasteiger partial charge on any atom is -0.357 e. The average molecular weight is 275 g/mol. The predicted molar refractivity (Wildman–Crippen MR) is 74.2 cm³/mol. The van der Waals surface area contributed by atoms with Gasteiger partial charge in [0.2, 0.25) is 0 Å². The minimum absolute atomic E-state index is 0.256. The number of rotatable bonds is 4. The summed E-state index contributed by atoms with van der Waals surface area (Å²) in [7, 11) is -3.18. The summed E-state index contributed by atoms with van der Waals surface area (Å²) in [4.78, 5) is 5.41. The van der Waals surface area contributed by atoms with Gasteiger partial charge in [-0.1, -0.05) is 35.5 Å². The zero-order valence-corrected chi connectivity index (χ0v) is 11.2. The third-order valence-corrected chi connectivity index (χ3v) is 3.54. The maximum absolute atomic E-state index is 11.3. The number of benzene rings is 2. The largest absolute Gasteiger partial charge is 0.357 e. The average Bonchev–Trinajstić information content (AvgIpc) is 2.39. The molecule has 2 aromatic carbocycles. The second-order valence-corrected chi connectivity index (χ2v) is 6.00. The molecular weight excluding hydrogens is 262 g/mol. The Kier molecular flexibility index (Phi) is 3.97. The quantitative estimate of drug-likeness (QED) is 0.636. The van der Waals surface area contributed by atoms with Gasteiger partial charge in [-0.15, -0.1) is 0 Å². The van der Waals surface area contributed by atoms with Crippen LogP contribution in [0.15, 0.2) is 64.6 Å². The smallest absolute Gasteiger partial charge is 0.175 e. The highest BCUT2D eigenvalue weighted by atomic mass is 32.2. The second-order valence-electron chi connectivity index (χ2n) is 3.98. The van der Waals surface area contributed by atoms with Crippen molar-refractivity contribution in [3.8, 4) is 5.75 Å². The van der Waals surface area contributed by atoms with Gasteiger partial charge < -0.3 is 4.84 Å². The number of hydrogen-bond acceptors (Lipinski definition) is 4. The van der Waals surface area contributed by atoms with Gasteiger partial charge in [0, 0.05) is 6.26 Å². The van der Waals surface area contributed by atoms with E-state index in [1.54, 1.807) is 18.3 Å². The van der Waals surface area contributed by atoms with Gasteiger partial charge in [0.25, 0.3) is 0 Å². The van der Waals surface area contributed by atoms with Gasteiger partial charge in [-0.05, 0) is 29.8 Å². The molecule has 0 saturated carbocycles. The van der Waals surface area contributed by atoms with Crippen LogP contribution < -0.4 is 4.84 Å². The van der Waals surface area contributed by atoms with E-state index < -0.39 is 9.84 Å². The fraction of sp³-hybridized carbons (Fsp3) is 0.0714. The molecule has 2 rings (SSSR count). The zero-order valence-electron chi connectivity index (χ0n) is 10.4. The third-order valence-electron chi connectivity index (χ3n) is 2.41. The van der Waals surface area contributed by atoms with Crippen LogP contribution in [0.5, 0.6) is 5.75 Å². The van der Waals surface area contributed by atoms with Crippen LogP contribution in [0, 0.1) is 0 Å². The molecule has 0 N–H and O–H groups in total. The van der Waals surface area contributed by atoms with Crippen molar-refractivity contribution < 1.29 is 13.3 Å². The topological polar surface area (TPSA) is 55.7 Å². The first kappa shape index (κ1) is 13.3. The Morgan fingerprint density at radius 3 is 2.21 bits per heavy atom. The van der Waals surface area contributed by atoms with Gasteiger partial charge in [-0.25, -0.2) is 8.42 Å². The standard InChI is InChI=1S/C14H13NO3S/c1-19(16,17)14-9-7-13(8-10-14)18-15-11-12-5-3-2-4-6-12/h2-11H,1H3. The molecule has 0 aliphatic carbocycles. The highest BCUT2D eigenvalue weighted by molar-refractivity contribution is 7.90. The summed E-state index contributed by atoms with van der Waals surface area (Å²) in [5, 5.41) is 3.83. The molecule has 0 aromatic heterocycles. The Balaban J connectivity index is 2.03. The first-order valence-electron chi connectivity index (χ1n) is 5.61. The van der Waals surface area contributed by atoms with Gasteiger partial charge >= 0.3 is 0 Å². The van der Waals surface area contributed by atoms with Gasteiger partial charge in [-0.2, -0.15) is 0 Å². The molecule has 19 heavy (non-hydrogen) atoms. The zero-order chi connectivity index (χ0) is 13.7. The molecule has 98 valence electrons. The fourth-order valence-electron chi connectivity index (χ4n) is 1.43. The summed E-state index contributed by atoms with van der Waals surface area (Å²) in [5.74, 6) is 0.486. The van der Waals surface area contributed by atoms with Crippen molar-refractivity contribution in [2.75, 3.05) is 6.26 Å². The molecule has 5 heteroatoms. The lowest BCUT2D eigenvalue weighted by Gasteiger charge is -2.00. The minimum atomic E-state index is -3.18. The van der Waals surface area contributed by atoms with Crippen LogP contribution in [0.25, 0.3) is 0 Å². The lowest BCUT2D eigenvalue weighted by atomic mass is 10.2. The van der Waals surface area contributed by atoms with Gasteiger partial charge in [-0.3, -0.25) is 0 Å². The molecule has 0 fully saturated rings. The van der Waals surface area contributed by atoms with Gasteiger partial charge in [0.05, 0.1) is 11.1 Å². The molecule has 2 aromatic rings. The monoisotopic (exact) mass is 275 g/mol. The summed E-state index contributed by atoms with van der Waals surface area (Å²) in [6.45, 7) is 0. The summed E-state index contributed by atoms with van der Waals surface area (Å²) < 4.78 is 22.5. The van der Waals surface area contributed by atoms with E-state index in [9.17, 15) is 8.42 Å². The molecular formula is C14H13NO3S. The third kappa shape index (κ3) is 3.93. The molecule has 0 atom stereocenters. The van der Waals surface area contributed by atoms with E-state index in [-0.39, 0.29) is 4.90 Å². The number of sulfone groups is 1. The second kappa shape index (κ2) is 5.67. The van der Waals surface area contributed by atoms with Crippen molar-refractivity contribution in [2.24, 2.45) is 5.16 Å². The highest BCUT2D eigenvalue weighted by Crippen LogP contribution is 2.15. The number of oxime groups is 1. The van der Waals surface area contributed by atoms with E-state index in [4.69, 9.17) is 4.84 Å². The molecule has 0 radical (unpaired) electrons. The van der Waals surface area contributed by atoms with Crippen LogP contribution in [0.4, 0.5) is 0 Å². The Bertz CT molecular complexity index is 662. The normalized spacial score (nSPS) is 11.6. The molecule has 0 amide bonds. The Hall–Kier alpha value is -2.14. The lowest BCUT2D eigenvalue weighted by molar-refractivity contribution is 0.343. The SMILES string of the molecule is CS(=O)(=O)c1ccc(ON=Cc2ccccc2)cc1. The first-order chi connectivity index (χ1) is 9.05. The summed E-state index contributed by atoms with van der Waals surface area (Å²) >= 11 is 0. The van der Waals surface area contributed by atoms with E-state index in [1.165, 1.54) is 12.1 Å². The molecule has 0 bridgehead atoms. The molecule has 0 saturated heterocycles. The molecule has 4 nitrogen and oxygen atoms in total. The van der Waals surface area contributed by atoms with Crippen LogP contribution >= 0.6 is 0 Å². The Morgan fingerprint density at radius 2 is 1.63 bits per heavy atom. The van der Waals surface area contributed by atoms with E-state index in [0.717, 1.165) is 11.8 Å². The predicted octanol–water partition coefficient (Wildman–Crippen LogP) is 2.50. The Labute approximate surface area is 112 Å². The maximum Gasteiger partial charge on any atom is 0.175 e. The first-order valence-corrected chi connectivity index (χ1v) is 7.50. The highest BCUT2D eigenvalue weighted by Gasteiger charge is 2.06. The van der Waals surface area contributed by atoms with E-state index in [0.29, 0.717) is 5.75 Å².